The van der Waals surface area contributed by atoms with Crippen LogP contribution in [0.15, 0.2) is 0 Å². The van der Waals surface area contributed by atoms with Crippen molar-refractivity contribution in [3.8, 4) is 0 Å². The molecule has 0 saturated carbocycles. The Hall–Kier alpha value is -1.30. The number of carboxylic acids is 1. The maximum atomic E-state index is 12.8. The van der Waals surface area contributed by atoms with Crippen molar-refractivity contribution in [2.24, 2.45) is 0 Å². The van der Waals surface area contributed by atoms with E-state index in [1.165, 1.54) is 4.90 Å². The van der Waals surface area contributed by atoms with E-state index in [2.05, 4.69) is 0 Å². The van der Waals surface area contributed by atoms with Gasteiger partial charge in [0.15, 0.2) is 0 Å². The standard InChI is InChI=1S/C15H28N2O4/c1-4-12(5-2)16(10-11-21-3)15(20)17-9-7-6-8-13(17)14(18)19/h12-13H,4-11H2,1-3H3,(H,18,19). The van der Waals surface area contributed by atoms with Crippen LogP contribution in [0.5, 0.6) is 0 Å². The highest BCUT2D eigenvalue weighted by atomic mass is 16.5. The van der Waals surface area contributed by atoms with Crippen LogP contribution < -0.4 is 0 Å². The molecule has 0 spiro atoms. The summed E-state index contributed by atoms with van der Waals surface area (Å²) in [5.41, 5.74) is 0. The third-order valence-electron chi connectivity index (χ3n) is 4.20. The summed E-state index contributed by atoms with van der Waals surface area (Å²) in [7, 11) is 1.61. The summed E-state index contributed by atoms with van der Waals surface area (Å²) in [5.74, 6) is -0.903. The highest BCUT2D eigenvalue weighted by molar-refractivity contribution is 5.83. The molecule has 6 heteroatoms. The van der Waals surface area contributed by atoms with Gasteiger partial charge in [0.05, 0.1) is 6.61 Å². The zero-order valence-corrected chi connectivity index (χ0v) is 13.4. The van der Waals surface area contributed by atoms with Gasteiger partial charge in [0.1, 0.15) is 6.04 Å². The molecule has 1 aliphatic rings. The third kappa shape index (κ3) is 4.59. The van der Waals surface area contributed by atoms with Gasteiger partial charge in [-0.1, -0.05) is 13.8 Å². The Kier molecular flexibility index (Phi) is 7.50. The fourth-order valence-electron chi connectivity index (χ4n) is 2.94. The Labute approximate surface area is 127 Å². The maximum Gasteiger partial charge on any atom is 0.326 e. The number of piperidine rings is 1. The molecular formula is C15H28N2O4. The fourth-order valence-corrected chi connectivity index (χ4v) is 2.94. The molecule has 0 aliphatic carbocycles. The van der Waals surface area contributed by atoms with Crippen molar-refractivity contribution >= 4 is 12.0 Å². The first-order chi connectivity index (χ1) is 10.1. The van der Waals surface area contributed by atoms with Gasteiger partial charge in [0, 0.05) is 26.2 Å². The van der Waals surface area contributed by atoms with Crippen LogP contribution in [0.4, 0.5) is 4.79 Å². The molecule has 0 aromatic carbocycles. The summed E-state index contributed by atoms with van der Waals surface area (Å²) >= 11 is 0. The van der Waals surface area contributed by atoms with Crippen molar-refractivity contribution in [2.75, 3.05) is 26.8 Å². The number of hydrogen-bond acceptors (Lipinski definition) is 3. The van der Waals surface area contributed by atoms with Gasteiger partial charge in [-0.05, 0) is 32.1 Å². The van der Waals surface area contributed by atoms with Crippen molar-refractivity contribution in [3.63, 3.8) is 0 Å². The van der Waals surface area contributed by atoms with E-state index in [4.69, 9.17) is 4.74 Å². The first kappa shape index (κ1) is 17.8. The van der Waals surface area contributed by atoms with E-state index in [0.29, 0.717) is 26.1 Å². The molecule has 1 rings (SSSR count). The van der Waals surface area contributed by atoms with E-state index in [0.717, 1.165) is 25.7 Å². The molecule has 0 aromatic heterocycles. The third-order valence-corrected chi connectivity index (χ3v) is 4.20. The van der Waals surface area contributed by atoms with Gasteiger partial charge in [0.2, 0.25) is 0 Å². The van der Waals surface area contributed by atoms with Crippen molar-refractivity contribution in [3.05, 3.63) is 0 Å². The Morgan fingerprint density at radius 1 is 1.33 bits per heavy atom. The predicted molar refractivity (Wildman–Crippen MR) is 80.3 cm³/mol. The van der Waals surface area contributed by atoms with Crippen molar-refractivity contribution in [1.82, 2.24) is 9.80 Å². The number of aliphatic carboxylic acids is 1. The number of methoxy groups -OCH3 is 1. The Morgan fingerprint density at radius 2 is 2.00 bits per heavy atom. The van der Waals surface area contributed by atoms with Gasteiger partial charge < -0.3 is 19.6 Å². The molecule has 0 bridgehead atoms. The van der Waals surface area contributed by atoms with Crippen LogP contribution in [-0.2, 0) is 9.53 Å². The minimum absolute atomic E-state index is 0.129. The number of ether oxygens (including phenoxy) is 1. The van der Waals surface area contributed by atoms with E-state index < -0.39 is 12.0 Å². The summed E-state index contributed by atoms with van der Waals surface area (Å²) in [6.45, 7) is 5.59. The Balaban J connectivity index is 2.88. The maximum absolute atomic E-state index is 12.8. The fraction of sp³-hybridized carbons (Fsp3) is 0.867. The van der Waals surface area contributed by atoms with Gasteiger partial charge in [-0.3, -0.25) is 0 Å². The molecule has 1 fully saturated rings. The molecule has 0 radical (unpaired) electrons. The normalized spacial score (nSPS) is 18.9. The van der Waals surface area contributed by atoms with Crippen molar-refractivity contribution < 1.29 is 19.4 Å². The van der Waals surface area contributed by atoms with Crippen LogP contribution >= 0.6 is 0 Å². The lowest BCUT2D eigenvalue weighted by molar-refractivity contribution is -0.143. The zero-order chi connectivity index (χ0) is 15.8. The smallest absolute Gasteiger partial charge is 0.326 e. The predicted octanol–water partition coefficient (Wildman–Crippen LogP) is 2.18. The number of likely N-dealkylation sites (tertiary alicyclic amines) is 1. The molecule has 6 nitrogen and oxygen atoms in total. The molecule has 122 valence electrons. The monoisotopic (exact) mass is 300 g/mol. The minimum atomic E-state index is -0.903. The topological polar surface area (TPSA) is 70.1 Å². The molecule has 1 atom stereocenters. The molecule has 21 heavy (non-hydrogen) atoms. The average Bonchev–Trinajstić information content (AvgIpc) is 2.50. The molecule has 2 amide bonds. The molecule has 1 heterocycles. The second-order valence-corrected chi connectivity index (χ2v) is 5.48. The summed E-state index contributed by atoms with van der Waals surface area (Å²) in [6, 6.07) is -0.720. The van der Waals surface area contributed by atoms with Gasteiger partial charge >= 0.3 is 12.0 Å². The van der Waals surface area contributed by atoms with Crippen molar-refractivity contribution in [2.45, 2.75) is 58.0 Å². The number of carbonyl (C=O) groups excluding carboxylic acids is 1. The van der Waals surface area contributed by atoms with Gasteiger partial charge in [-0.25, -0.2) is 9.59 Å². The summed E-state index contributed by atoms with van der Waals surface area (Å²) < 4.78 is 5.09. The lowest BCUT2D eigenvalue weighted by atomic mass is 10.0. The van der Waals surface area contributed by atoms with Gasteiger partial charge in [-0.2, -0.15) is 0 Å². The average molecular weight is 300 g/mol. The molecule has 1 unspecified atom stereocenters. The largest absolute Gasteiger partial charge is 0.480 e. The van der Waals surface area contributed by atoms with E-state index in [1.54, 1.807) is 12.0 Å². The number of amides is 2. The summed E-state index contributed by atoms with van der Waals surface area (Å²) in [6.07, 6.45) is 4.00. The first-order valence-corrected chi connectivity index (χ1v) is 7.85. The van der Waals surface area contributed by atoms with Crippen LogP contribution in [0, 0.1) is 0 Å². The Morgan fingerprint density at radius 3 is 2.52 bits per heavy atom. The van der Waals surface area contributed by atoms with Crippen molar-refractivity contribution in [1.29, 1.82) is 0 Å². The number of nitrogens with zero attached hydrogens (tertiary/aromatic N) is 2. The molecule has 1 saturated heterocycles. The summed E-state index contributed by atoms with van der Waals surface area (Å²) in [4.78, 5) is 27.5. The summed E-state index contributed by atoms with van der Waals surface area (Å²) in [5, 5.41) is 9.33. The van der Waals surface area contributed by atoms with Gasteiger partial charge in [-0.15, -0.1) is 0 Å². The highest BCUT2D eigenvalue weighted by Crippen LogP contribution is 2.21. The first-order valence-electron chi connectivity index (χ1n) is 7.85. The highest BCUT2D eigenvalue weighted by Gasteiger charge is 2.35. The lowest BCUT2D eigenvalue weighted by Crippen LogP contribution is -2.55. The van der Waals surface area contributed by atoms with E-state index in [-0.39, 0.29) is 12.1 Å². The minimum Gasteiger partial charge on any atom is -0.480 e. The van der Waals surface area contributed by atoms with E-state index >= 15 is 0 Å². The van der Waals surface area contributed by atoms with E-state index in [9.17, 15) is 14.7 Å². The quantitative estimate of drug-likeness (QED) is 0.782. The van der Waals surface area contributed by atoms with Crippen LogP contribution in [0.3, 0.4) is 0 Å². The van der Waals surface area contributed by atoms with Crippen LogP contribution in [-0.4, -0.2) is 65.8 Å². The van der Waals surface area contributed by atoms with Gasteiger partial charge in [0.25, 0.3) is 0 Å². The lowest BCUT2D eigenvalue weighted by Gasteiger charge is -2.39. The van der Waals surface area contributed by atoms with Crippen LogP contribution in [0.1, 0.15) is 46.0 Å². The zero-order valence-electron chi connectivity index (χ0n) is 13.4. The number of carboxylic acid groups (broad SMARTS) is 1. The number of hydrogen-bond donors (Lipinski definition) is 1. The van der Waals surface area contributed by atoms with E-state index in [1.807, 2.05) is 13.8 Å². The van der Waals surface area contributed by atoms with Crippen LogP contribution in [0.25, 0.3) is 0 Å². The number of urea groups is 1. The second-order valence-electron chi connectivity index (χ2n) is 5.48. The second kappa shape index (κ2) is 8.87. The number of rotatable bonds is 7. The molecule has 1 aliphatic heterocycles. The SMILES string of the molecule is CCC(CC)N(CCOC)C(=O)N1CCCCC1C(=O)O. The Bertz CT molecular complexity index is 345. The van der Waals surface area contributed by atoms with Crippen LogP contribution in [0.2, 0.25) is 0 Å². The molecular weight excluding hydrogens is 272 g/mol. The molecule has 0 aromatic rings. The molecule has 1 N–H and O–H groups in total. The number of carbonyl (C=O) groups is 2.